The van der Waals surface area contributed by atoms with Crippen LogP contribution in [0.15, 0.2) is 0 Å². The predicted molar refractivity (Wildman–Crippen MR) is 77.6 cm³/mol. The molecule has 3 heteroatoms. The number of ether oxygens (including phenoxy) is 2. The van der Waals surface area contributed by atoms with Crippen LogP contribution in [0.4, 0.5) is 0 Å². The van der Waals surface area contributed by atoms with Gasteiger partial charge in [0.1, 0.15) is 0 Å². The predicted octanol–water partition coefficient (Wildman–Crippen LogP) is 3.85. The number of hydrogen-bond acceptors (Lipinski definition) is 3. The first-order valence-corrected chi connectivity index (χ1v) is 7.74. The minimum Gasteiger partial charge on any atom is -0.351 e. The van der Waals surface area contributed by atoms with Gasteiger partial charge in [-0.2, -0.15) is 0 Å². The summed E-state index contributed by atoms with van der Waals surface area (Å²) in [7, 11) is 0. The molecule has 0 bridgehead atoms. The van der Waals surface area contributed by atoms with Gasteiger partial charge < -0.3 is 15.2 Å². The molecule has 0 amide bonds. The molecule has 0 heterocycles. The van der Waals surface area contributed by atoms with E-state index >= 15 is 0 Å². The van der Waals surface area contributed by atoms with E-state index in [4.69, 9.17) is 15.2 Å². The zero-order chi connectivity index (χ0) is 13.6. The highest BCUT2D eigenvalue weighted by Crippen LogP contribution is 2.12. The van der Waals surface area contributed by atoms with Crippen LogP contribution < -0.4 is 5.73 Å². The largest absolute Gasteiger partial charge is 0.351 e. The summed E-state index contributed by atoms with van der Waals surface area (Å²) in [6, 6.07) is 0.0144. The van der Waals surface area contributed by atoms with Gasteiger partial charge >= 0.3 is 0 Å². The molecule has 1 atom stereocenters. The van der Waals surface area contributed by atoms with Crippen LogP contribution in [0.1, 0.15) is 72.1 Å². The Morgan fingerprint density at radius 2 is 1.28 bits per heavy atom. The van der Waals surface area contributed by atoms with Crippen molar-refractivity contribution in [3.63, 3.8) is 0 Å². The molecule has 0 radical (unpaired) electrons. The Morgan fingerprint density at radius 3 is 1.78 bits per heavy atom. The van der Waals surface area contributed by atoms with Crippen molar-refractivity contribution in [2.75, 3.05) is 13.2 Å². The summed E-state index contributed by atoms with van der Waals surface area (Å²) in [5.74, 6) is 0. The molecule has 0 aliphatic rings. The zero-order valence-electron chi connectivity index (χ0n) is 12.6. The second kappa shape index (κ2) is 13.3. The molecule has 110 valence electrons. The minimum absolute atomic E-state index is 0.0144. The van der Waals surface area contributed by atoms with Crippen molar-refractivity contribution in [1.82, 2.24) is 0 Å². The maximum atomic E-state index is 6.10. The maximum Gasteiger partial charge on any atom is 0.172 e. The molecule has 0 saturated heterocycles. The fourth-order valence-corrected chi connectivity index (χ4v) is 2.10. The second-order valence-corrected chi connectivity index (χ2v) is 4.85. The second-order valence-electron chi connectivity index (χ2n) is 4.85. The van der Waals surface area contributed by atoms with Crippen LogP contribution in [0.5, 0.6) is 0 Å². The van der Waals surface area contributed by atoms with E-state index in [9.17, 15) is 0 Å². The Morgan fingerprint density at radius 1 is 0.778 bits per heavy atom. The number of hydrogen-bond donors (Lipinski definition) is 1. The van der Waals surface area contributed by atoms with E-state index in [-0.39, 0.29) is 12.3 Å². The summed E-state index contributed by atoms with van der Waals surface area (Å²) in [4.78, 5) is 0. The molecule has 0 aliphatic carbocycles. The molecule has 0 saturated carbocycles. The molecular weight excluding hydrogens is 226 g/mol. The van der Waals surface area contributed by atoms with Gasteiger partial charge in [0.05, 0.1) is 6.04 Å². The van der Waals surface area contributed by atoms with Gasteiger partial charge in [-0.05, 0) is 20.3 Å². The van der Waals surface area contributed by atoms with Crippen LogP contribution in [0.25, 0.3) is 0 Å². The topological polar surface area (TPSA) is 44.5 Å². The smallest absolute Gasteiger partial charge is 0.172 e. The summed E-state index contributed by atoms with van der Waals surface area (Å²) < 4.78 is 11.0. The van der Waals surface area contributed by atoms with Gasteiger partial charge in [-0.1, -0.05) is 51.9 Å². The summed E-state index contributed by atoms with van der Waals surface area (Å²) in [5.41, 5.74) is 6.10. The lowest BCUT2D eigenvalue weighted by Gasteiger charge is -2.23. The lowest BCUT2D eigenvalue weighted by molar-refractivity contribution is -0.149. The standard InChI is InChI=1S/C15H33NO2/c1-4-7-8-9-10-11-12-13-14(16)15(17-5-2)18-6-3/h14-15H,4-13,16H2,1-3H3. The van der Waals surface area contributed by atoms with E-state index in [1.165, 1.54) is 44.9 Å². The highest BCUT2D eigenvalue weighted by Gasteiger charge is 2.17. The molecule has 2 N–H and O–H groups in total. The van der Waals surface area contributed by atoms with Crippen molar-refractivity contribution in [1.29, 1.82) is 0 Å². The third-order valence-corrected chi connectivity index (χ3v) is 3.15. The highest BCUT2D eigenvalue weighted by atomic mass is 16.7. The third-order valence-electron chi connectivity index (χ3n) is 3.15. The maximum absolute atomic E-state index is 6.10. The Balaban J connectivity index is 3.51. The van der Waals surface area contributed by atoms with Gasteiger partial charge in [0, 0.05) is 13.2 Å². The molecule has 0 aliphatic heterocycles. The van der Waals surface area contributed by atoms with Crippen LogP contribution in [0.3, 0.4) is 0 Å². The molecular formula is C15H33NO2. The van der Waals surface area contributed by atoms with Crippen molar-refractivity contribution in [2.45, 2.75) is 84.5 Å². The third kappa shape index (κ3) is 9.86. The summed E-state index contributed by atoms with van der Waals surface area (Å²) >= 11 is 0. The van der Waals surface area contributed by atoms with Crippen LogP contribution in [0.2, 0.25) is 0 Å². The fourth-order valence-electron chi connectivity index (χ4n) is 2.10. The monoisotopic (exact) mass is 259 g/mol. The molecule has 0 aromatic rings. The van der Waals surface area contributed by atoms with Crippen LogP contribution in [-0.2, 0) is 9.47 Å². The Bertz CT molecular complexity index is 159. The van der Waals surface area contributed by atoms with Crippen molar-refractivity contribution in [3.8, 4) is 0 Å². The van der Waals surface area contributed by atoms with E-state index in [0.29, 0.717) is 13.2 Å². The first-order valence-electron chi connectivity index (χ1n) is 7.74. The summed E-state index contributed by atoms with van der Waals surface area (Å²) in [5, 5.41) is 0. The molecule has 0 spiro atoms. The lowest BCUT2D eigenvalue weighted by atomic mass is 10.1. The summed E-state index contributed by atoms with van der Waals surface area (Å²) in [6.07, 6.45) is 10.0. The zero-order valence-corrected chi connectivity index (χ0v) is 12.6. The minimum atomic E-state index is -0.222. The molecule has 1 unspecified atom stereocenters. The van der Waals surface area contributed by atoms with Crippen molar-refractivity contribution >= 4 is 0 Å². The average molecular weight is 259 g/mol. The highest BCUT2D eigenvalue weighted by molar-refractivity contribution is 4.66. The van der Waals surface area contributed by atoms with Crippen LogP contribution in [-0.4, -0.2) is 25.5 Å². The van der Waals surface area contributed by atoms with E-state index in [0.717, 1.165) is 6.42 Å². The van der Waals surface area contributed by atoms with Crippen molar-refractivity contribution in [2.24, 2.45) is 5.73 Å². The van der Waals surface area contributed by atoms with Crippen molar-refractivity contribution < 1.29 is 9.47 Å². The fraction of sp³-hybridized carbons (Fsp3) is 1.00. The number of unbranched alkanes of at least 4 members (excludes halogenated alkanes) is 6. The number of rotatable bonds is 13. The molecule has 0 aromatic heterocycles. The van der Waals surface area contributed by atoms with Gasteiger partial charge in [0.15, 0.2) is 6.29 Å². The molecule has 18 heavy (non-hydrogen) atoms. The normalized spacial score (nSPS) is 13.2. The van der Waals surface area contributed by atoms with E-state index in [1.54, 1.807) is 0 Å². The van der Waals surface area contributed by atoms with E-state index in [1.807, 2.05) is 13.8 Å². The Kier molecular flexibility index (Phi) is 13.2. The first kappa shape index (κ1) is 17.9. The summed E-state index contributed by atoms with van der Waals surface area (Å²) in [6.45, 7) is 7.53. The molecule has 0 aromatic carbocycles. The molecule has 0 fully saturated rings. The SMILES string of the molecule is CCCCCCCCCC(N)C(OCC)OCC. The van der Waals surface area contributed by atoms with Gasteiger partial charge in [-0.15, -0.1) is 0 Å². The van der Waals surface area contributed by atoms with Crippen molar-refractivity contribution in [3.05, 3.63) is 0 Å². The van der Waals surface area contributed by atoms with Gasteiger partial charge in [0.2, 0.25) is 0 Å². The molecule has 0 rings (SSSR count). The van der Waals surface area contributed by atoms with Gasteiger partial charge in [-0.25, -0.2) is 0 Å². The first-order chi connectivity index (χ1) is 8.76. The lowest BCUT2D eigenvalue weighted by Crippen LogP contribution is -2.38. The Hall–Kier alpha value is -0.120. The molecule has 3 nitrogen and oxygen atoms in total. The average Bonchev–Trinajstić information content (AvgIpc) is 2.37. The van der Waals surface area contributed by atoms with E-state index in [2.05, 4.69) is 6.92 Å². The van der Waals surface area contributed by atoms with E-state index < -0.39 is 0 Å². The van der Waals surface area contributed by atoms with Gasteiger partial charge in [-0.3, -0.25) is 0 Å². The van der Waals surface area contributed by atoms with Crippen LogP contribution >= 0.6 is 0 Å². The van der Waals surface area contributed by atoms with Crippen LogP contribution in [0, 0.1) is 0 Å². The number of nitrogens with two attached hydrogens (primary N) is 1. The quantitative estimate of drug-likeness (QED) is 0.403. The van der Waals surface area contributed by atoms with Gasteiger partial charge in [0.25, 0.3) is 0 Å². The Labute approximate surface area is 113 Å².